The maximum atomic E-state index is 5.32. The number of hydrazine groups is 1. The van der Waals surface area contributed by atoms with Crippen LogP contribution in [0.25, 0.3) is 10.9 Å². The molecular weight excluding hydrogens is 246 g/mol. The van der Waals surface area contributed by atoms with Crippen LogP contribution < -0.4 is 11.3 Å². The van der Waals surface area contributed by atoms with Gasteiger partial charge in [-0.2, -0.15) is 0 Å². The molecule has 90 valence electrons. The quantitative estimate of drug-likeness (QED) is 0.381. The van der Waals surface area contributed by atoms with Crippen molar-refractivity contribution in [1.29, 1.82) is 0 Å². The molecule has 0 radical (unpaired) electrons. The molecule has 4 N–H and O–H groups in total. The van der Waals surface area contributed by atoms with Crippen LogP contribution in [0.2, 0.25) is 0 Å². The van der Waals surface area contributed by atoms with Gasteiger partial charge in [0.2, 0.25) is 0 Å². The summed E-state index contributed by atoms with van der Waals surface area (Å²) in [7, 11) is 0. The van der Waals surface area contributed by atoms with Gasteiger partial charge in [-0.3, -0.25) is 0 Å². The van der Waals surface area contributed by atoms with Crippen molar-refractivity contribution < 1.29 is 0 Å². The third kappa shape index (κ3) is 2.15. The largest absolute Gasteiger partial charge is 0.349 e. The molecule has 2 aromatic heterocycles. The first-order valence-corrected chi connectivity index (χ1v) is 6.21. The fraction of sp³-hybridized carbons (Fsp3) is 0. The van der Waals surface area contributed by atoms with Crippen LogP contribution in [-0.2, 0) is 0 Å². The van der Waals surface area contributed by atoms with Gasteiger partial charge in [-0.05, 0) is 12.1 Å². The van der Waals surface area contributed by atoms with Gasteiger partial charge >= 0.3 is 0 Å². The summed E-state index contributed by atoms with van der Waals surface area (Å²) < 4.78 is 0. The minimum Gasteiger partial charge on any atom is -0.349 e. The van der Waals surface area contributed by atoms with E-state index in [1.165, 1.54) is 11.7 Å². The van der Waals surface area contributed by atoms with E-state index in [1.807, 2.05) is 18.2 Å². The summed E-state index contributed by atoms with van der Waals surface area (Å²) in [5, 5.41) is 3.06. The standard InChI is InChI=1S/C12H11N5S/c13-17-10-6-11(15-7-14-10)18-12-5-8-3-1-2-4-9(8)16-12/h1-7,16H,13H2,(H,14,15,17). The monoisotopic (exact) mass is 257 g/mol. The Morgan fingerprint density at radius 1 is 1.17 bits per heavy atom. The average molecular weight is 257 g/mol. The fourth-order valence-electron chi connectivity index (χ4n) is 1.69. The van der Waals surface area contributed by atoms with Gasteiger partial charge in [0, 0.05) is 17.0 Å². The third-order valence-electron chi connectivity index (χ3n) is 2.51. The molecule has 0 unspecified atom stereocenters. The molecule has 0 saturated carbocycles. The van der Waals surface area contributed by atoms with Crippen LogP contribution in [0, 0.1) is 0 Å². The molecule has 5 nitrogen and oxygen atoms in total. The van der Waals surface area contributed by atoms with E-state index in [-0.39, 0.29) is 0 Å². The second-order valence-corrected chi connectivity index (χ2v) is 4.77. The van der Waals surface area contributed by atoms with Crippen LogP contribution >= 0.6 is 11.8 Å². The van der Waals surface area contributed by atoms with E-state index in [9.17, 15) is 0 Å². The maximum Gasteiger partial charge on any atom is 0.144 e. The normalized spacial score (nSPS) is 10.7. The Balaban J connectivity index is 1.91. The predicted octanol–water partition coefficient (Wildman–Crippen LogP) is 2.39. The first kappa shape index (κ1) is 11.1. The highest BCUT2D eigenvalue weighted by Crippen LogP contribution is 2.28. The molecule has 3 rings (SSSR count). The zero-order chi connectivity index (χ0) is 12.4. The fourth-order valence-corrected chi connectivity index (χ4v) is 2.53. The van der Waals surface area contributed by atoms with Crippen molar-refractivity contribution in [3.05, 3.63) is 42.7 Å². The Kier molecular flexibility index (Phi) is 2.87. The lowest BCUT2D eigenvalue weighted by atomic mass is 10.3. The van der Waals surface area contributed by atoms with Gasteiger partial charge in [-0.1, -0.05) is 30.0 Å². The predicted molar refractivity (Wildman–Crippen MR) is 72.3 cm³/mol. The highest BCUT2D eigenvalue weighted by Gasteiger charge is 2.04. The van der Waals surface area contributed by atoms with Gasteiger partial charge in [-0.15, -0.1) is 0 Å². The topological polar surface area (TPSA) is 79.6 Å². The molecule has 2 heterocycles. The number of hydrogen-bond acceptors (Lipinski definition) is 5. The number of nitrogens with one attached hydrogen (secondary N) is 2. The molecular formula is C12H11N5S. The minimum atomic E-state index is 0.601. The Bertz CT molecular complexity index is 646. The Morgan fingerprint density at radius 2 is 2.06 bits per heavy atom. The van der Waals surface area contributed by atoms with E-state index in [4.69, 9.17) is 5.84 Å². The van der Waals surface area contributed by atoms with Gasteiger partial charge in [0.1, 0.15) is 17.2 Å². The van der Waals surface area contributed by atoms with E-state index in [1.54, 1.807) is 17.8 Å². The molecule has 6 heteroatoms. The smallest absolute Gasteiger partial charge is 0.144 e. The number of nitrogen functional groups attached to an aromatic ring is 1. The van der Waals surface area contributed by atoms with Crippen LogP contribution in [0.15, 0.2) is 52.8 Å². The molecule has 0 aliphatic rings. The number of para-hydroxylation sites is 1. The van der Waals surface area contributed by atoms with E-state index in [0.29, 0.717) is 5.82 Å². The van der Waals surface area contributed by atoms with Crippen LogP contribution in [0.1, 0.15) is 0 Å². The van der Waals surface area contributed by atoms with Crippen molar-refractivity contribution in [2.45, 2.75) is 10.1 Å². The summed E-state index contributed by atoms with van der Waals surface area (Å²) in [5.74, 6) is 5.92. The molecule has 0 fully saturated rings. The summed E-state index contributed by atoms with van der Waals surface area (Å²) in [6.45, 7) is 0. The first-order valence-electron chi connectivity index (χ1n) is 5.39. The van der Waals surface area contributed by atoms with E-state index in [2.05, 4.69) is 32.5 Å². The van der Waals surface area contributed by atoms with Crippen molar-refractivity contribution in [3.8, 4) is 0 Å². The van der Waals surface area contributed by atoms with E-state index < -0.39 is 0 Å². The number of benzene rings is 1. The van der Waals surface area contributed by atoms with Crippen LogP contribution in [-0.4, -0.2) is 15.0 Å². The average Bonchev–Trinajstić information content (AvgIpc) is 2.81. The van der Waals surface area contributed by atoms with Crippen molar-refractivity contribution in [2.24, 2.45) is 5.84 Å². The SMILES string of the molecule is NNc1cc(Sc2cc3ccccc3[nH]2)ncn1. The van der Waals surface area contributed by atoms with Gasteiger partial charge < -0.3 is 10.4 Å². The molecule has 3 aromatic rings. The molecule has 0 saturated heterocycles. The third-order valence-corrected chi connectivity index (χ3v) is 3.38. The minimum absolute atomic E-state index is 0.601. The van der Waals surface area contributed by atoms with E-state index in [0.717, 1.165) is 15.6 Å². The van der Waals surface area contributed by atoms with Crippen LogP contribution in [0.3, 0.4) is 0 Å². The summed E-state index contributed by atoms with van der Waals surface area (Å²) >= 11 is 1.54. The molecule has 0 aliphatic carbocycles. The van der Waals surface area contributed by atoms with Gasteiger partial charge in [-0.25, -0.2) is 15.8 Å². The lowest BCUT2D eigenvalue weighted by Gasteiger charge is -2.00. The Hall–Kier alpha value is -2.05. The molecule has 0 aliphatic heterocycles. The molecule has 18 heavy (non-hydrogen) atoms. The van der Waals surface area contributed by atoms with Gasteiger partial charge in [0.25, 0.3) is 0 Å². The lowest BCUT2D eigenvalue weighted by Crippen LogP contribution is -2.08. The first-order chi connectivity index (χ1) is 8.85. The number of anilines is 1. The van der Waals surface area contributed by atoms with Crippen LogP contribution in [0.5, 0.6) is 0 Å². The Morgan fingerprint density at radius 3 is 2.89 bits per heavy atom. The summed E-state index contributed by atoms with van der Waals surface area (Å²) in [4.78, 5) is 11.5. The summed E-state index contributed by atoms with van der Waals surface area (Å²) in [5.41, 5.74) is 3.62. The number of hydrogen-bond donors (Lipinski definition) is 3. The summed E-state index contributed by atoms with van der Waals surface area (Å²) in [6, 6.07) is 12.0. The number of fused-ring (bicyclic) bond motifs is 1. The highest BCUT2D eigenvalue weighted by atomic mass is 32.2. The molecule has 0 bridgehead atoms. The lowest BCUT2D eigenvalue weighted by molar-refractivity contribution is 1.03. The summed E-state index contributed by atoms with van der Waals surface area (Å²) in [6.07, 6.45) is 1.49. The number of nitrogens with zero attached hydrogens (tertiary/aromatic N) is 2. The zero-order valence-corrected chi connectivity index (χ0v) is 10.2. The van der Waals surface area contributed by atoms with Crippen molar-refractivity contribution in [3.63, 3.8) is 0 Å². The number of H-pyrrole nitrogens is 1. The second kappa shape index (κ2) is 4.67. The van der Waals surface area contributed by atoms with Crippen LogP contribution in [0.4, 0.5) is 5.82 Å². The zero-order valence-electron chi connectivity index (χ0n) is 9.42. The van der Waals surface area contributed by atoms with Crippen molar-refractivity contribution in [2.75, 3.05) is 5.43 Å². The number of rotatable bonds is 3. The maximum absolute atomic E-state index is 5.32. The number of aromatic nitrogens is 3. The van der Waals surface area contributed by atoms with Crippen molar-refractivity contribution in [1.82, 2.24) is 15.0 Å². The molecule has 0 amide bonds. The van der Waals surface area contributed by atoms with Crippen molar-refractivity contribution >= 4 is 28.5 Å². The van der Waals surface area contributed by atoms with Gasteiger partial charge in [0.05, 0.1) is 5.03 Å². The molecule has 0 atom stereocenters. The number of aromatic amines is 1. The Labute approximate surface area is 108 Å². The molecule has 0 spiro atoms. The number of nitrogens with two attached hydrogens (primary N) is 1. The second-order valence-electron chi connectivity index (χ2n) is 3.71. The van der Waals surface area contributed by atoms with E-state index >= 15 is 0 Å². The van der Waals surface area contributed by atoms with Gasteiger partial charge in [0.15, 0.2) is 0 Å². The molecule has 1 aromatic carbocycles. The highest BCUT2D eigenvalue weighted by molar-refractivity contribution is 7.99.